The molecule has 29 heavy (non-hydrogen) atoms. The van der Waals surface area contributed by atoms with Gasteiger partial charge in [-0.1, -0.05) is 17.7 Å². The van der Waals surface area contributed by atoms with Crippen molar-refractivity contribution in [2.24, 2.45) is 0 Å². The zero-order valence-corrected chi connectivity index (χ0v) is 17.4. The summed E-state index contributed by atoms with van der Waals surface area (Å²) in [6.45, 7) is 3.33. The largest absolute Gasteiger partial charge is 0.487 e. The predicted molar refractivity (Wildman–Crippen MR) is 113 cm³/mol. The number of hydrogen-bond donors (Lipinski definition) is 1. The molecule has 0 saturated carbocycles. The standard InChI is InChI=1S/C21H25ClN6O/c1-27(2)21-23-10-15(11-24-21)12-28-7-6-16(13-28)20-9-18(25-26-20)14-29-19-5-3-4-17(22)8-19/h3-5,8-11,16H,6-7,12-14H2,1-2H3,(H,25,26)/t16-/m0/s1. The normalized spacial score (nSPS) is 16.9. The van der Waals surface area contributed by atoms with Crippen LogP contribution < -0.4 is 9.64 Å². The maximum Gasteiger partial charge on any atom is 0.224 e. The van der Waals surface area contributed by atoms with Crippen LogP contribution in [0.4, 0.5) is 5.95 Å². The van der Waals surface area contributed by atoms with Gasteiger partial charge in [0.25, 0.3) is 0 Å². The van der Waals surface area contributed by atoms with Crippen LogP contribution in [0, 0.1) is 0 Å². The van der Waals surface area contributed by atoms with Crippen molar-refractivity contribution in [3.63, 3.8) is 0 Å². The highest BCUT2D eigenvalue weighted by Gasteiger charge is 2.26. The SMILES string of the molecule is CN(C)c1ncc(CN2CC[C@H](c3cc(COc4cccc(Cl)c4)[nH]n3)C2)cn1. The van der Waals surface area contributed by atoms with Gasteiger partial charge in [-0.05, 0) is 37.2 Å². The van der Waals surface area contributed by atoms with Gasteiger partial charge in [0, 0.05) is 56.1 Å². The summed E-state index contributed by atoms with van der Waals surface area (Å²) in [5, 5.41) is 8.28. The number of halogens is 1. The lowest BCUT2D eigenvalue weighted by atomic mass is 10.1. The molecule has 0 amide bonds. The molecule has 7 nitrogen and oxygen atoms in total. The average Bonchev–Trinajstić information content (AvgIpc) is 3.36. The van der Waals surface area contributed by atoms with Crippen LogP contribution in [-0.4, -0.2) is 52.3 Å². The molecule has 3 aromatic rings. The Bertz CT molecular complexity index is 942. The van der Waals surface area contributed by atoms with Gasteiger partial charge in [0.05, 0.1) is 11.4 Å². The quantitative estimate of drug-likeness (QED) is 0.640. The van der Waals surface area contributed by atoms with Crippen LogP contribution in [0.1, 0.15) is 29.3 Å². The van der Waals surface area contributed by atoms with Crippen molar-refractivity contribution in [3.05, 3.63) is 64.7 Å². The lowest BCUT2D eigenvalue weighted by Gasteiger charge is -2.16. The van der Waals surface area contributed by atoms with Gasteiger partial charge in [0.2, 0.25) is 5.95 Å². The Morgan fingerprint density at radius 2 is 2.07 bits per heavy atom. The minimum absolute atomic E-state index is 0.424. The second-order valence-corrected chi connectivity index (χ2v) is 8.01. The fourth-order valence-corrected chi connectivity index (χ4v) is 3.70. The van der Waals surface area contributed by atoms with Gasteiger partial charge >= 0.3 is 0 Å². The third-order valence-corrected chi connectivity index (χ3v) is 5.26. The van der Waals surface area contributed by atoms with E-state index in [-0.39, 0.29) is 0 Å². The molecule has 0 spiro atoms. The van der Waals surface area contributed by atoms with Crippen molar-refractivity contribution in [2.45, 2.75) is 25.5 Å². The second-order valence-electron chi connectivity index (χ2n) is 7.57. The van der Waals surface area contributed by atoms with Crippen molar-refractivity contribution in [2.75, 3.05) is 32.1 Å². The number of anilines is 1. The Morgan fingerprint density at radius 3 is 2.83 bits per heavy atom. The van der Waals surface area contributed by atoms with E-state index in [0.717, 1.165) is 54.7 Å². The van der Waals surface area contributed by atoms with Crippen LogP contribution in [0.2, 0.25) is 5.02 Å². The van der Waals surface area contributed by atoms with Gasteiger partial charge in [-0.25, -0.2) is 9.97 Å². The molecule has 4 rings (SSSR count). The van der Waals surface area contributed by atoms with Gasteiger partial charge in [0.15, 0.2) is 0 Å². The second kappa shape index (κ2) is 8.80. The van der Waals surface area contributed by atoms with Crippen molar-refractivity contribution >= 4 is 17.5 Å². The number of hydrogen-bond acceptors (Lipinski definition) is 6. The van der Waals surface area contributed by atoms with Crippen LogP contribution >= 0.6 is 11.6 Å². The van der Waals surface area contributed by atoms with Crippen LogP contribution in [-0.2, 0) is 13.2 Å². The van der Waals surface area contributed by atoms with Gasteiger partial charge in [-0.15, -0.1) is 0 Å². The molecule has 2 aromatic heterocycles. The van der Waals surface area contributed by atoms with E-state index in [1.165, 1.54) is 0 Å². The number of benzene rings is 1. The topological polar surface area (TPSA) is 70.2 Å². The summed E-state index contributed by atoms with van der Waals surface area (Å²) in [4.78, 5) is 13.1. The van der Waals surface area contributed by atoms with Crippen LogP contribution in [0.25, 0.3) is 0 Å². The molecule has 152 valence electrons. The Balaban J connectivity index is 1.30. The summed E-state index contributed by atoms with van der Waals surface area (Å²) in [6.07, 6.45) is 4.92. The molecule has 1 saturated heterocycles. The lowest BCUT2D eigenvalue weighted by molar-refractivity contribution is 0.301. The average molecular weight is 413 g/mol. The van der Waals surface area contributed by atoms with E-state index in [2.05, 4.69) is 31.1 Å². The molecule has 1 N–H and O–H groups in total. The van der Waals surface area contributed by atoms with E-state index in [9.17, 15) is 0 Å². The Hall–Kier alpha value is -2.64. The Kier molecular flexibility index (Phi) is 5.97. The molecule has 0 bridgehead atoms. The zero-order valence-electron chi connectivity index (χ0n) is 16.7. The summed E-state index contributed by atoms with van der Waals surface area (Å²) < 4.78 is 5.79. The highest BCUT2D eigenvalue weighted by Crippen LogP contribution is 2.27. The van der Waals surface area contributed by atoms with E-state index in [1.807, 2.05) is 55.7 Å². The summed E-state index contributed by atoms with van der Waals surface area (Å²) in [6, 6.07) is 9.52. The summed E-state index contributed by atoms with van der Waals surface area (Å²) in [5.41, 5.74) is 3.19. The fourth-order valence-electron chi connectivity index (χ4n) is 3.52. The van der Waals surface area contributed by atoms with Crippen LogP contribution in [0.5, 0.6) is 5.75 Å². The molecular formula is C21H25ClN6O. The zero-order chi connectivity index (χ0) is 20.2. The van der Waals surface area contributed by atoms with E-state index in [0.29, 0.717) is 17.5 Å². The first-order valence-electron chi connectivity index (χ1n) is 9.70. The molecule has 1 aliphatic rings. The van der Waals surface area contributed by atoms with E-state index >= 15 is 0 Å². The number of nitrogens with one attached hydrogen (secondary N) is 1. The van der Waals surface area contributed by atoms with Crippen molar-refractivity contribution in [3.8, 4) is 5.75 Å². The lowest BCUT2D eigenvalue weighted by Crippen LogP contribution is -2.20. The van der Waals surface area contributed by atoms with E-state index < -0.39 is 0 Å². The molecule has 1 aliphatic heterocycles. The first-order valence-corrected chi connectivity index (χ1v) is 10.1. The molecular weight excluding hydrogens is 388 g/mol. The van der Waals surface area contributed by atoms with E-state index in [4.69, 9.17) is 16.3 Å². The number of H-pyrrole nitrogens is 1. The molecule has 1 fully saturated rings. The third-order valence-electron chi connectivity index (χ3n) is 5.03. The highest BCUT2D eigenvalue weighted by atomic mass is 35.5. The molecule has 0 radical (unpaired) electrons. The summed E-state index contributed by atoms with van der Waals surface area (Å²) >= 11 is 6.00. The summed E-state index contributed by atoms with van der Waals surface area (Å²) in [5.74, 6) is 1.91. The monoisotopic (exact) mass is 412 g/mol. The highest BCUT2D eigenvalue weighted by molar-refractivity contribution is 6.30. The van der Waals surface area contributed by atoms with Crippen molar-refractivity contribution in [1.82, 2.24) is 25.1 Å². The maximum atomic E-state index is 6.00. The first-order chi connectivity index (χ1) is 14.1. The van der Waals surface area contributed by atoms with E-state index in [1.54, 1.807) is 0 Å². The van der Waals surface area contributed by atoms with Crippen molar-refractivity contribution < 1.29 is 4.74 Å². The molecule has 3 heterocycles. The smallest absolute Gasteiger partial charge is 0.224 e. The van der Waals surface area contributed by atoms with Crippen molar-refractivity contribution in [1.29, 1.82) is 0 Å². The first kappa shape index (κ1) is 19.7. The molecule has 1 atom stereocenters. The molecule has 1 aromatic carbocycles. The Morgan fingerprint density at radius 1 is 1.24 bits per heavy atom. The predicted octanol–water partition coefficient (Wildman–Crippen LogP) is 3.49. The number of nitrogens with zero attached hydrogens (tertiary/aromatic N) is 5. The molecule has 0 aliphatic carbocycles. The summed E-state index contributed by atoms with van der Waals surface area (Å²) in [7, 11) is 3.89. The maximum absolute atomic E-state index is 6.00. The molecule has 0 unspecified atom stereocenters. The minimum atomic E-state index is 0.424. The molecule has 8 heteroatoms. The number of aromatic nitrogens is 4. The van der Waals surface area contributed by atoms with Crippen LogP contribution in [0.15, 0.2) is 42.7 Å². The number of aromatic amines is 1. The minimum Gasteiger partial charge on any atom is -0.487 e. The van der Waals surface area contributed by atoms with Gasteiger partial charge < -0.3 is 9.64 Å². The number of ether oxygens (including phenoxy) is 1. The van der Waals surface area contributed by atoms with Gasteiger partial charge in [0.1, 0.15) is 12.4 Å². The van der Waals surface area contributed by atoms with Gasteiger partial charge in [-0.2, -0.15) is 5.10 Å². The third kappa shape index (κ3) is 5.05. The fraction of sp³-hybridized carbons (Fsp3) is 0.381. The van der Waals surface area contributed by atoms with Crippen LogP contribution in [0.3, 0.4) is 0 Å². The van der Waals surface area contributed by atoms with Gasteiger partial charge in [-0.3, -0.25) is 10.00 Å². The number of rotatable bonds is 7. The number of likely N-dealkylation sites (tertiary alicyclic amines) is 1. The Labute approximate surface area is 175 Å².